The Bertz CT molecular complexity index is 1050. The van der Waals surface area contributed by atoms with Crippen LogP contribution in [0.25, 0.3) is 0 Å². The molecular weight excluding hydrogens is 437 g/mol. The molecule has 1 saturated heterocycles. The number of aromatic nitrogens is 2. The van der Waals surface area contributed by atoms with Gasteiger partial charge in [0.05, 0.1) is 19.3 Å². The van der Waals surface area contributed by atoms with Crippen molar-refractivity contribution < 1.29 is 23.7 Å². The number of rotatable bonds is 10. The lowest BCUT2D eigenvalue weighted by Gasteiger charge is -2.27. The third-order valence-electron chi connectivity index (χ3n) is 6.11. The van der Waals surface area contributed by atoms with Crippen molar-refractivity contribution in [2.45, 2.75) is 38.0 Å². The summed E-state index contributed by atoms with van der Waals surface area (Å²) < 4.78 is 32.7. The van der Waals surface area contributed by atoms with Gasteiger partial charge < -0.3 is 19.3 Å². The van der Waals surface area contributed by atoms with Crippen molar-refractivity contribution in [3.8, 4) is 17.2 Å². The Morgan fingerprint density at radius 3 is 2.71 bits per heavy atom. The molecule has 0 amide bonds. The first-order valence-corrected chi connectivity index (χ1v) is 11.6. The van der Waals surface area contributed by atoms with Crippen molar-refractivity contribution in [3.63, 3.8) is 0 Å². The van der Waals surface area contributed by atoms with E-state index >= 15 is 0 Å². The van der Waals surface area contributed by atoms with E-state index in [1.54, 1.807) is 31.5 Å². The number of ether oxygens (including phenoxy) is 3. The van der Waals surface area contributed by atoms with Crippen LogP contribution < -0.4 is 14.2 Å². The Kier molecular flexibility index (Phi) is 8.03. The van der Waals surface area contributed by atoms with Crippen molar-refractivity contribution in [2.24, 2.45) is 0 Å². The summed E-state index contributed by atoms with van der Waals surface area (Å²) in [5.74, 6) is 1.16. The molecule has 1 aromatic heterocycles. The van der Waals surface area contributed by atoms with Crippen LogP contribution in [-0.4, -0.2) is 58.8 Å². The summed E-state index contributed by atoms with van der Waals surface area (Å²) in [4.78, 5) is 2.32. The fraction of sp³-hybridized carbons (Fsp3) is 0.423. The molecule has 34 heavy (non-hydrogen) atoms. The minimum absolute atomic E-state index is 0.0819. The molecular formula is C26H32FN3O4. The van der Waals surface area contributed by atoms with Gasteiger partial charge in [0.1, 0.15) is 13.2 Å². The normalized spacial score (nSPS) is 18.9. The van der Waals surface area contributed by atoms with Crippen molar-refractivity contribution in [3.05, 3.63) is 72.3 Å². The van der Waals surface area contributed by atoms with Gasteiger partial charge in [0.2, 0.25) is 0 Å². The Labute approximate surface area is 199 Å². The van der Waals surface area contributed by atoms with E-state index in [4.69, 9.17) is 14.2 Å². The average Bonchev–Trinajstić information content (AvgIpc) is 3.29. The van der Waals surface area contributed by atoms with Gasteiger partial charge in [0.25, 0.3) is 0 Å². The Morgan fingerprint density at radius 1 is 1.03 bits per heavy atom. The SMILES string of the molecule is COc1ccc(CN2CCCC(O)(COc3ccccc3F)CC2)cc1OCCn1cccn1. The molecule has 1 N–H and O–H groups in total. The van der Waals surface area contributed by atoms with Crippen LogP contribution in [0.2, 0.25) is 0 Å². The molecule has 3 aromatic rings. The molecule has 0 spiro atoms. The van der Waals surface area contributed by atoms with Gasteiger partial charge >= 0.3 is 0 Å². The van der Waals surface area contributed by atoms with Crippen molar-refractivity contribution >= 4 is 0 Å². The Balaban J connectivity index is 1.32. The molecule has 0 aliphatic carbocycles. The van der Waals surface area contributed by atoms with Crippen LogP contribution in [0.3, 0.4) is 0 Å². The zero-order chi connectivity index (χ0) is 23.8. The van der Waals surface area contributed by atoms with Crippen LogP contribution in [0.5, 0.6) is 17.2 Å². The maximum Gasteiger partial charge on any atom is 0.165 e. The van der Waals surface area contributed by atoms with Gasteiger partial charge in [-0.2, -0.15) is 5.10 Å². The van der Waals surface area contributed by atoms with Crippen molar-refractivity contribution in [2.75, 3.05) is 33.4 Å². The molecule has 1 aliphatic heterocycles. The summed E-state index contributed by atoms with van der Waals surface area (Å²) >= 11 is 0. The average molecular weight is 470 g/mol. The first-order valence-electron chi connectivity index (χ1n) is 11.6. The van der Waals surface area contributed by atoms with Crippen molar-refractivity contribution in [1.82, 2.24) is 14.7 Å². The third kappa shape index (κ3) is 6.48. The minimum Gasteiger partial charge on any atom is -0.493 e. The number of benzene rings is 2. The zero-order valence-electron chi connectivity index (χ0n) is 19.5. The highest BCUT2D eigenvalue weighted by Crippen LogP contribution is 2.30. The molecule has 2 heterocycles. The third-order valence-corrected chi connectivity index (χ3v) is 6.11. The van der Waals surface area contributed by atoms with Gasteiger partial charge in [-0.15, -0.1) is 0 Å². The molecule has 0 bridgehead atoms. The topological polar surface area (TPSA) is 69.0 Å². The summed E-state index contributed by atoms with van der Waals surface area (Å²) in [6, 6.07) is 14.2. The largest absolute Gasteiger partial charge is 0.493 e. The minimum atomic E-state index is -0.974. The second-order valence-corrected chi connectivity index (χ2v) is 8.68. The maximum atomic E-state index is 13.9. The molecule has 1 fully saturated rings. The number of para-hydroxylation sites is 1. The van der Waals surface area contributed by atoms with E-state index < -0.39 is 11.4 Å². The standard InChI is InChI=1S/C26H32FN3O4/c1-32-24-9-8-21(18-25(24)33-17-16-30-14-5-12-28-30)19-29-13-4-10-26(31,11-15-29)20-34-23-7-3-2-6-22(23)27/h2-3,5-9,12,14,18,31H,4,10-11,13,15-17,19-20H2,1H3. The predicted octanol–water partition coefficient (Wildman–Crippen LogP) is 3.91. The van der Waals surface area contributed by atoms with Gasteiger partial charge in [-0.3, -0.25) is 9.58 Å². The van der Waals surface area contributed by atoms with Crippen LogP contribution in [0.1, 0.15) is 24.8 Å². The van der Waals surface area contributed by atoms with Gasteiger partial charge in [-0.25, -0.2) is 4.39 Å². The number of methoxy groups -OCH3 is 1. The van der Waals surface area contributed by atoms with Gasteiger partial charge in [0, 0.05) is 25.5 Å². The number of likely N-dealkylation sites (tertiary alicyclic amines) is 1. The molecule has 0 saturated carbocycles. The lowest BCUT2D eigenvalue weighted by molar-refractivity contribution is -0.0177. The number of hydrogen-bond donors (Lipinski definition) is 1. The molecule has 1 aliphatic rings. The molecule has 1 atom stereocenters. The summed E-state index contributed by atoms with van der Waals surface area (Å²) in [5, 5.41) is 15.2. The summed E-state index contributed by atoms with van der Waals surface area (Å²) in [7, 11) is 1.63. The quantitative estimate of drug-likeness (QED) is 0.486. The van der Waals surface area contributed by atoms with E-state index in [-0.39, 0.29) is 12.4 Å². The number of halogens is 1. The highest BCUT2D eigenvalue weighted by Gasteiger charge is 2.31. The molecule has 7 nitrogen and oxygen atoms in total. The fourth-order valence-corrected chi connectivity index (χ4v) is 4.18. The van der Waals surface area contributed by atoms with E-state index in [0.717, 1.165) is 31.6 Å². The van der Waals surface area contributed by atoms with Crippen LogP contribution in [-0.2, 0) is 13.1 Å². The Morgan fingerprint density at radius 2 is 1.91 bits per heavy atom. The van der Waals surface area contributed by atoms with Crippen LogP contribution in [0.4, 0.5) is 4.39 Å². The van der Waals surface area contributed by atoms with Crippen LogP contribution in [0, 0.1) is 5.82 Å². The lowest BCUT2D eigenvalue weighted by atomic mass is 9.96. The number of hydrogen-bond acceptors (Lipinski definition) is 6. The fourth-order valence-electron chi connectivity index (χ4n) is 4.18. The second kappa shape index (κ2) is 11.4. The highest BCUT2D eigenvalue weighted by atomic mass is 19.1. The van der Waals surface area contributed by atoms with E-state index in [1.165, 1.54) is 6.07 Å². The number of aliphatic hydroxyl groups is 1. The molecule has 182 valence electrons. The van der Waals surface area contributed by atoms with E-state index in [0.29, 0.717) is 37.5 Å². The summed E-state index contributed by atoms with van der Waals surface area (Å²) in [5.41, 5.74) is 0.139. The number of nitrogens with zero attached hydrogens (tertiary/aromatic N) is 3. The molecule has 1 unspecified atom stereocenters. The van der Waals surface area contributed by atoms with Gasteiger partial charge in [-0.05, 0) is 61.7 Å². The molecule has 0 radical (unpaired) electrons. The molecule has 8 heteroatoms. The highest BCUT2D eigenvalue weighted by molar-refractivity contribution is 5.43. The molecule has 2 aromatic carbocycles. The second-order valence-electron chi connectivity index (χ2n) is 8.68. The summed E-state index contributed by atoms with van der Waals surface area (Å²) in [6.07, 6.45) is 5.65. The first-order chi connectivity index (χ1) is 16.5. The Hall–Kier alpha value is -3.10. The molecule has 4 rings (SSSR count). The first kappa shape index (κ1) is 24.0. The monoisotopic (exact) mass is 469 g/mol. The van der Waals surface area contributed by atoms with Gasteiger partial charge in [0.15, 0.2) is 23.1 Å². The van der Waals surface area contributed by atoms with Crippen LogP contribution in [0.15, 0.2) is 60.9 Å². The lowest BCUT2D eigenvalue weighted by Crippen LogP contribution is -2.37. The smallest absolute Gasteiger partial charge is 0.165 e. The zero-order valence-corrected chi connectivity index (χ0v) is 19.5. The van der Waals surface area contributed by atoms with E-state index in [1.807, 2.05) is 35.1 Å². The predicted molar refractivity (Wildman–Crippen MR) is 127 cm³/mol. The van der Waals surface area contributed by atoms with E-state index in [2.05, 4.69) is 10.00 Å². The van der Waals surface area contributed by atoms with Gasteiger partial charge in [-0.1, -0.05) is 18.2 Å². The summed E-state index contributed by atoms with van der Waals surface area (Å²) in [6.45, 7) is 3.55. The van der Waals surface area contributed by atoms with Crippen molar-refractivity contribution in [1.29, 1.82) is 0 Å². The maximum absolute atomic E-state index is 13.9. The van der Waals surface area contributed by atoms with E-state index in [9.17, 15) is 9.50 Å². The van der Waals surface area contributed by atoms with Crippen LogP contribution >= 0.6 is 0 Å².